The third-order valence-electron chi connectivity index (χ3n) is 3.14. The van der Waals surface area contributed by atoms with Crippen LogP contribution in [-0.2, 0) is 6.54 Å². The molecule has 19 heavy (non-hydrogen) atoms. The SMILES string of the molecule is CCCNc1ncccc1CN(CC(C)C)C(C)C. The van der Waals surface area contributed by atoms with Gasteiger partial charge in [-0.1, -0.05) is 26.8 Å². The van der Waals surface area contributed by atoms with E-state index in [0.29, 0.717) is 12.0 Å². The van der Waals surface area contributed by atoms with Gasteiger partial charge in [-0.15, -0.1) is 0 Å². The number of pyridine rings is 1. The van der Waals surface area contributed by atoms with Gasteiger partial charge in [0.1, 0.15) is 5.82 Å². The summed E-state index contributed by atoms with van der Waals surface area (Å²) in [7, 11) is 0. The molecule has 0 amide bonds. The van der Waals surface area contributed by atoms with Gasteiger partial charge in [0.15, 0.2) is 0 Å². The molecule has 0 aliphatic heterocycles. The number of rotatable bonds is 8. The largest absolute Gasteiger partial charge is 0.370 e. The molecule has 0 saturated carbocycles. The third kappa shape index (κ3) is 5.60. The molecule has 0 unspecified atom stereocenters. The molecule has 1 aromatic rings. The zero-order valence-electron chi connectivity index (χ0n) is 13.1. The predicted molar refractivity (Wildman–Crippen MR) is 83.4 cm³/mol. The van der Waals surface area contributed by atoms with Crippen molar-refractivity contribution in [3.8, 4) is 0 Å². The van der Waals surface area contributed by atoms with E-state index in [0.717, 1.165) is 31.9 Å². The Morgan fingerprint density at radius 1 is 1.26 bits per heavy atom. The van der Waals surface area contributed by atoms with E-state index in [1.165, 1.54) is 5.56 Å². The van der Waals surface area contributed by atoms with Crippen molar-refractivity contribution in [3.63, 3.8) is 0 Å². The second-order valence-corrected chi connectivity index (χ2v) is 5.85. The monoisotopic (exact) mass is 263 g/mol. The van der Waals surface area contributed by atoms with Crippen LogP contribution in [0.2, 0.25) is 0 Å². The molecular weight excluding hydrogens is 234 g/mol. The Balaban J connectivity index is 2.77. The van der Waals surface area contributed by atoms with Gasteiger partial charge in [0, 0.05) is 37.4 Å². The fraction of sp³-hybridized carbons (Fsp3) is 0.688. The van der Waals surface area contributed by atoms with Crippen molar-refractivity contribution in [2.75, 3.05) is 18.4 Å². The molecule has 0 aromatic carbocycles. The quantitative estimate of drug-likeness (QED) is 0.774. The molecule has 0 aliphatic rings. The lowest BCUT2D eigenvalue weighted by atomic mass is 10.1. The second-order valence-electron chi connectivity index (χ2n) is 5.85. The Kier molecular flexibility index (Phi) is 6.85. The molecule has 1 rings (SSSR count). The highest BCUT2D eigenvalue weighted by atomic mass is 15.1. The van der Waals surface area contributed by atoms with Gasteiger partial charge >= 0.3 is 0 Å². The van der Waals surface area contributed by atoms with Gasteiger partial charge in [0.05, 0.1) is 0 Å². The van der Waals surface area contributed by atoms with Crippen LogP contribution in [0.4, 0.5) is 5.82 Å². The number of anilines is 1. The molecule has 0 aliphatic carbocycles. The first-order valence-electron chi connectivity index (χ1n) is 7.46. The first-order chi connectivity index (χ1) is 9.04. The van der Waals surface area contributed by atoms with Crippen LogP contribution in [-0.4, -0.2) is 29.0 Å². The van der Waals surface area contributed by atoms with E-state index >= 15 is 0 Å². The normalized spacial score (nSPS) is 11.6. The minimum absolute atomic E-state index is 0.557. The standard InChI is InChI=1S/C16H29N3/c1-6-9-17-16-15(8-7-10-18-16)12-19(14(4)5)11-13(2)3/h7-8,10,13-14H,6,9,11-12H2,1-5H3,(H,17,18). The Morgan fingerprint density at radius 3 is 2.58 bits per heavy atom. The first kappa shape index (κ1) is 16.0. The van der Waals surface area contributed by atoms with Crippen LogP contribution in [0.3, 0.4) is 0 Å². The average Bonchev–Trinajstić information content (AvgIpc) is 2.36. The molecule has 0 fully saturated rings. The van der Waals surface area contributed by atoms with Crippen molar-refractivity contribution in [3.05, 3.63) is 23.9 Å². The molecule has 1 heterocycles. The van der Waals surface area contributed by atoms with Gasteiger partial charge in [-0.05, 0) is 32.3 Å². The molecule has 0 saturated heterocycles. The fourth-order valence-electron chi connectivity index (χ4n) is 2.11. The van der Waals surface area contributed by atoms with E-state index in [-0.39, 0.29) is 0 Å². The molecule has 0 atom stereocenters. The third-order valence-corrected chi connectivity index (χ3v) is 3.14. The lowest BCUT2D eigenvalue weighted by Gasteiger charge is -2.28. The maximum Gasteiger partial charge on any atom is 0.130 e. The number of nitrogens with one attached hydrogen (secondary N) is 1. The maximum atomic E-state index is 4.47. The van der Waals surface area contributed by atoms with E-state index < -0.39 is 0 Å². The minimum Gasteiger partial charge on any atom is -0.370 e. The number of hydrogen-bond acceptors (Lipinski definition) is 3. The second kappa shape index (κ2) is 8.16. The van der Waals surface area contributed by atoms with E-state index in [4.69, 9.17) is 0 Å². The Labute approximate surface area is 118 Å². The summed E-state index contributed by atoms with van der Waals surface area (Å²) in [5.74, 6) is 1.73. The zero-order chi connectivity index (χ0) is 14.3. The summed E-state index contributed by atoms with van der Waals surface area (Å²) in [6, 6.07) is 4.77. The molecular formula is C16H29N3. The van der Waals surface area contributed by atoms with Gasteiger partial charge in [-0.2, -0.15) is 0 Å². The fourth-order valence-corrected chi connectivity index (χ4v) is 2.11. The Hall–Kier alpha value is -1.09. The van der Waals surface area contributed by atoms with Crippen LogP contribution < -0.4 is 5.32 Å². The molecule has 1 aromatic heterocycles. The highest BCUT2D eigenvalue weighted by Gasteiger charge is 2.14. The molecule has 0 radical (unpaired) electrons. The first-order valence-corrected chi connectivity index (χ1v) is 7.46. The smallest absolute Gasteiger partial charge is 0.130 e. The summed E-state index contributed by atoms with van der Waals surface area (Å²) in [4.78, 5) is 6.98. The van der Waals surface area contributed by atoms with Gasteiger partial charge in [-0.3, -0.25) is 4.90 Å². The molecule has 108 valence electrons. The number of aromatic nitrogens is 1. The van der Waals surface area contributed by atoms with Gasteiger partial charge in [0.2, 0.25) is 0 Å². The predicted octanol–water partition coefficient (Wildman–Crippen LogP) is 3.77. The molecule has 0 bridgehead atoms. The Bertz CT molecular complexity index is 361. The maximum absolute atomic E-state index is 4.47. The van der Waals surface area contributed by atoms with Crippen LogP contribution in [0.25, 0.3) is 0 Å². The van der Waals surface area contributed by atoms with Crippen molar-refractivity contribution in [2.24, 2.45) is 5.92 Å². The van der Waals surface area contributed by atoms with E-state index in [1.54, 1.807) is 0 Å². The molecule has 1 N–H and O–H groups in total. The van der Waals surface area contributed by atoms with Crippen LogP contribution >= 0.6 is 0 Å². The minimum atomic E-state index is 0.557. The summed E-state index contributed by atoms with van der Waals surface area (Å²) in [6.45, 7) is 14.3. The molecule has 3 heteroatoms. The van der Waals surface area contributed by atoms with Crippen LogP contribution in [0.5, 0.6) is 0 Å². The lowest BCUT2D eigenvalue weighted by molar-refractivity contribution is 0.189. The van der Waals surface area contributed by atoms with E-state index in [2.05, 4.69) is 55.9 Å². The van der Waals surface area contributed by atoms with Crippen LogP contribution in [0.15, 0.2) is 18.3 Å². The van der Waals surface area contributed by atoms with Gasteiger partial charge < -0.3 is 5.32 Å². The van der Waals surface area contributed by atoms with Crippen molar-refractivity contribution in [2.45, 2.75) is 53.6 Å². The van der Waals surface area contributed by atoms with Crippen molar-refractivity contribution in [1.29, 1.82) is 0 Å². The Morgan fingerprint density at radius 2 is 2.00 bits per heavy atom. The summed E-state index contributed by atoms with van der Waals surface area (Å²) in [5.41, 5.74) is 1.30. The van der Waals surface area contributed by atoms with Crippen molar-refractivity contribution in [1.82, 2.24) is 9.88 Å². The average molecular weight is 263 g/mol. The van der Waals surface area contributed by atoms with E-state index in [1.807, 2.05) is 12.3 Å². The van der Waals surface area contributed by atoms with Gasteiger partial charge in [0.25, 0.3) is 0 Å². The van der Waals surface area contributed by atoms with E-state index in [9.17, 15) is 0 Å². The summed E-state index contributed by atoms with van der Waals surface area (Å²) in [6.07, 6.45) is 2.99. The molecule has 0 spiro atoms. The highest BCUT2D eigenvalue weighted by Crippen LogP contribution is 2.17. The van der Waals surface area contributed by atoms with Crippen molar-refractivity contribution >= 4 is 5.82 Å². The van der Waals surface area contributed by atoms with Crippen molar-refractivity contribution < 1.29 is 0 Å². The topological polar surface area (TPSA) is 28.2 Å². The lowest BCUT2D eigenvalue weighted by Crippen LogP contribution is -2.33. The number of hydrogen-bond donors (Lipinski definition) is 1. The summed E-state index contributed by atoms with van der Waals surface area (Å²) < 4.78 is 0. The highest BCUT2D eigenvalue weighted by molar-refractivity contribution is 5.43. The van der Waals surface area contributed by atoms with Gasteiger partial charge in [-0.25, -0.2) is 4.98 Å². The number of nitrogens with zero attached hydrogens (tertiary/aromatic N) is 2. The molecule has 3 nitrogen and oxygen atoms in total. The summed E-state index contributed by atoms with van der Waals surface area (Å²) >= 11 is 0. The zero-order valence-corrected chi connectivity index (χ0v) is 13.1. The summed E-state index contributed by atoms with van der Waals surface area (Å²) in [5, 5.41) is 3.42. The van der Waals surface area contributed by atoms with Crippen LogP contribution in [0.1, 0.15) is 46.6 Å². The van der Waals surface area contributed by atoms with Crippen LogP contribution in [0, 0.1) is 5.92 Å².